The average molecular weight is 478 g/mol. The Kier molecular flexibility index (Phi) is 5.10. The van der Waals surface area contributed by atoms with Gasteiger partial charge in [-0.05, 0) is 41.0 Å². The van der Waals surface area contributed by atoms with E-state index in [1.807, 2.05) is 24.3 Å². The van der Waals surface area contributed by atoms with Crippen LogP contribution in [0.2, 0.25) is 0 Å². The van der Waals surface area contributed by atoms with E-state index in [9.17, 15) is 12.8 Å². The third kappa shape index (κ3) is 3.75. The third-order valence-electron chi connectivity index (χ3n) is 4.75. The standard InChI is InChI=1S/C21H17BrFNO4S/c1-27-16-6-3-7-17-18(16)15-9-8-13(11-29(24,25)26)20(22)19(15)21(28-17)12-4-2-5-14(23)10-12/h2-10,21H,11H2,1H3,(H2,24,25,26). The molecule has 2 N–H and O–H groups in total. The summed E-state index contributed by atoms with van der Waals surface area (Å²) in [4.78, 5) is 0. The second-order valence-corrected chi connectivity index (χ2v) is 9.10. The van der Waals surface area contributed by atoms with Gasteiger partial charge in [0.2, 0.25) is 10.0 Å². The van der Waals surface area contributed by atoms with Crippen LogP contribution < -0.4 is 14.6 Å². The van der Waals surface area contributed by atoms with E-state index < -0.39 is 16.1 Å². The van der Waals surface area contributed by atoms with Crippen LogP contribution in [0.5, 0.6) is 11.5 Å². The first-order valence-electron chi connectivity index (χ1n) is 8.69. The highest BCUT2D eigenvalue weighted by molar-refractivity contribution is 9.10. The number of hydrogen-bond donors (Lipinski definition) is 1. The molecule has 3 aromatic carbocycles. The number of primary sulfonamides is 1. The van der Waals surface area contributed by atoms with Crippen molar-refractivity contribution in [2.24, 2.45) is 5.14 Å². The van der Waals surface area contributed by atoms with Crippen LogP contribution in [0.15, 0.2) is 59.1 Å². The Bertz CT molecular complexity index is 1210. The van der Waals surface area contributed by atoms with Crippen molar-refractivity contribution in [3.8, 4) is 22.6 Å². The minimum atomic E-state index is -3.74. The van der Waals surface area contributed by atoms with Crippen molar-refractivity contribution in [3.63, 3.8) is 0 Å². The fourth-order valence-corrected chi connectivity index (χ4v) is 5.13. The summed E-state index contributed by atoms with van der Waals surface area (Å²) in [5.74, 6) is 0.487. The zero-order chi connectivity index (χ0) is 20.8. The highest BCUT2D eigenvalue weighted by Crippen LogP contribution is 2.51. The molecule has 0 radical (unpaired) electrons. The predicted molar refractivity (Wildman–Crippen MR) is 112 cm³/mol. The van der Waals surface area contributed by atoms with Gasteiger partial charge < -0.3 is 9.47 Å². The van der Waals surface area contributed by atoms with Crippen LogP contribution in [0.1, 0.15) is 22.8 Å². The van der Waals surface area contributed by atoms with Crippen LogP contribution >= 0.6 is 15.9 Å². The Morgan fingerprint density at radius 1 is 1.17 bits per heavy atom. The van der Waals surface area contributed by atoms with Gasteiger partial charge in [0, 0.05) is 10.0 Å². The van der Waals surface area contributed by atoms with Crippen molar-refractivity contribution in [3.05, 3.63) is 81.6 Å². The Labute approximate surface area is 176 Å². The summed E-state index contributed by atoms with van der Waals surface area (Å²) >= 11 is 3.54. The maximum atomic E-state index is 13.9. The molecule has 0 saturated heterocycles. The number of sulfonamides is 1. The summed E-state index contributed by atoms with van der Waals surface area (Å²) < 4.78 is 49.6. The lowest BCUT2D eigenvalue weighted by Crippen LogP contribution is -2.19. The summed E-state index contributed by atoms with van der Waals surface area (Å²) in [5, 5.41) is 5.25. The number of fused-ring (bicyclic) bond motifs is 3. The average Bonchev–Trinajstić information content (AvgIpc) is 2.67. The molecule has 0 aliphatic carbocycles. The van der Waals surface area contributed by atoms with Crippen molar-refractivity contribution >= 4 is 26.0 Å². The van der Waals surface area contributed by atoms with Crippen molar-refractivity contribution in [2.75, 3.05) is 7.11 Å². The topological polar surface area (TPSA) is 78.6 Å². The molecule has 4 rings (SSSR count). The van der Waals surface area contributed by atoms with Crippen LogP contribution in [-0.2, 0) is 15.8 Å². The molecule has 0 fully saturated rings. The van der Waals surface area contributed by atoms with Gasteiger partial charge in [0.1, 0.15) is 17.3 Å². The van der Waals surface area contributed by atoms with Gasteiger partial charge in [0.25, 0.3) is 0 Å². The molecule has 0 amide bonds. The van der Waals surface area contributed by atoms with Gasteiger partial charge in [0.15, 0.2) is 6.10 Å². The summed E-state index contributed by atoms with van der Waals surface area (Å²) in [6.45, 7) is 0. The monoisotopic (exact) mass is 477 g/mol. The van der Waals surface area contributed by atoms with Gasteiger partial charge >= 0.3 is 0 Å². The highest BCUT2D eigenvalue weighted by Gasteiger charge is 2.33. The summed E-state index contributed by atoms with van der Waals surface area (Å²) in [6, 6.07) is 15.1. The van der Waals surface area contributed by atoms with E-state index in [1.54, 1.807) is 25.3 Å². The molecule has 0 spiro atoms. The smallest absolute Gasteiger partial charge is 0.213 e. The molecule has 1 aliphatic heterocycles. The largest absolute Gasteiger partial charge is 0.496 e. The number of halogens is 2. The van der Waals surface area contributed by atoms with Gasteiger partial charge in [-0.25, -0.2) is 17.9 Å². The predicted octanol–water partition coefficient (Wildman–Crippen LogP) is 4.53. The van der Waals surface area contributed by atoms with Gasteiger partial charge in [-0.15, -0.1) is 0 Å². The molecule has 1 unspecified atom stereocenters. The molecule has 0 bridgehead atoms. The fourth-order valence-electron chi connectivity index (χ4n) is 3.58. The second kappa shape index (κ2) is 7.44. The van der Waals surface area contributed by atoms with E-state index in [4.69, 9.17) is 14.6 Å². The molecular formula is C21H17BrFNO4S. The molecule has 0 saturated carbocycles. The Morgan fingerprint density at radius 3 is 2.62 bits per heavy atom. The van der Waals surface area contributed by atoms with Crippen molar-refractivity contribution in [1.82, 2.24) is 0 Å². The van der Waals surface area contributed by atoms with E-state index in [2.05, 4.69) is 15.9 Å². The van der Waals surface area contributed by atoms with E-state index >= 15 is 0 Å². The number of rotatable bonds is 4. The lowest BCUT2D eigenvalue weighted by molar-refractivity contribution is 0.240. The minimum absolute atomic E-state index is 0.338. The van der Waals surface area contributed by atoms with Gasteiger partial charge in [-0.3, -0.25) is 0 Å². The number of nitrogens with two attached hydrogens (primary N) is 1. The molecule has 3 aromatic rings. The fraction of sp³-hybridized carbons (Fsp3) is 0.143. The van der Waals surface area contributed by atoms with E-state index in [0.717, 1.165) is 11.1 Å². The van der Waals surface area contributed by atoms with Crippen LogP contribution in [0.4, 0.5) is 4.39 Å². The van der Waals surface area contributed by atoms with Gasteiger partial charge in [-0.1, -0.05) is 46.3 Å². The SMILES string of the molecule is COc1cccc2c1-c1ccc(CS(N)(=O)=O)c(Br)c1C(c1cccc(F)c1)O2. The summed E-state index contributed by atoms with van der Waals surface area (Å²) in [6.07, 6.45) is -0.643. The minimum Gasteiger partial charge on any atom is -0.496 e. The molecule has 1 aliphatic rings. The Balaban J connectivity index is 2.00. The molecule has 1 atom stereocenters. The highest BCUT2D eigenvalue weighted by atomic mass is 79.9. The van der Waals surface area contributed by atoms with E-state index in [0.29, 0.717) is 32.7 Å². The summed E-state index contributed by atoms with van der Waals surface area (Å²) in [5.41, 5.74) is 3.35. The van der Waals surface area contributed by atoms with Crippen LogP contribution in [0.25, 0.3) is 11.1 Å². The molecular weight excluding hydrogens is 461 g/mol. The zero-order valence-corrected chi connectivity index (χ0v) is 17.8. The number of hydrogen-bond acceptors (Lipinski definition) is 4. The first-order chi connectivity index (χ1) is 13.8. The zero-order valence-electron chi connectivity index (χ0n) is 15.4. The maximum Gasteiger partial charge on any atom is 0.213 e. The van der Waals surface area contributed by atoms with Crippen LogP contribution in [-0.4, -0.2) is 15.5 Å². The van der Waals surface area contributed by atoms with Crippen LogP contribution in [0.3, 0.4) is 0 Å². The number of benzene rings is 3. The Morgan fingerprint density at radius 2 is 1.93 bits per heavy atom. The van der Waals surface area contributed by atoms with Crippen LogP contribution in [0, 0.1) is 5.82 Å². The molecule has 1 heterocycles. The maximum absolute atomic E-state index is 13.9. The van der Waals surface area contributed by atoms with Crippen molar-refractivity contribution in [1.29, 1.82) is 0 Å². The van der Waals surface area contributed by atoms with Gasteiger partial charge in [-0.2, -0.15) is 0 Å². The Hall–Kier alpha value is -2.42. The molecule has 150 valence electrons. The molecule has 29 heavy (non-hydrogen) atoms. The van der Waals surface area contributed by atoms with Crippen molar-refractivity contribution in [2.45, 2.75) is 11.9 Å². The number of ether oxygens (including phenoxy) is 2. The number of methoxy groups -OCH3 is 1. The third-order valence-corrected chi connectivity index (χ3v) is 6.40. The second-order valence-electron chi connectivity index (χ2n) is 6.69. The van der Waals surface area contributed by atoms with Gasteiger partial charge in [0.05, 0.1) is 18.4 Å². The van der Waals surface area contributed by atoms with Crippen molar-refractivity contribution < 1.29 is 22.3 Å². The quantitative estimate of drug-likeness (QED) is 0.598. The first kappa shape index (κ1) is 19.9. The molecule has 0 aromatic heterocycles. The lowest BCUT2D eigenvalue weighted by Gasteiger charge is -2.31. The molecule has 5 nitrogen and oxygen atoms in total. The van der Waals surface area contributed by atoms with E-state index in [1.165, 1.54) is 12.1 Å². The normalized spacial score (nSPS) is 15.2. The first-order valence-corrected chi connectivity index (χ1v) is 11.2. The summed E-state index contributed by atoms with van der Waals surface area (Å²) in [7, 11) is -2.18. The lowest BCUT2D eigenvalue weighted by atomic mass is 9.88. The molecule has 8 heteroatoms. The van der Waals surface area contributed by atoms with E-state index in [-0.39, 0.29) is 11.6 Å².